The zero-order valence-electron chi connectivity index (χ0n) is 21.0. The van der Waals surface area contributed by atoms with E-state index in [1.165, 1.54) is 4.31 Å². The molecule has 0 aliphatic carbocycles. The van der Waals surface area contributed by atoms with Crippen molar-refractivity contribution in [3.63, 3.8) is 0 Å². The molecular weight excluding hydrogens is 510 g/mol. The van der Waals surface area contributed by atoms with Gasteiger partial charge in [-0.25, -0.2) is 8.42 Å². The largest absolute Gasteiger partial charge is 0.357 e. The molecule has 1 N–H and O–H groups in total. The summed E-state index contributed by atoms with van der Waals surface area (Å²) in [6.07, 6.45) is 1.82. The van der Waals surface area contributed by atoms with Gasteiger partial charge in [-0.2, -0.15) is 0 Å². The molecule has 0 bridgehead atoms. The van der Waals surface area contributed by atoms with E-state index < -0.39 is 16.1 Å². The summed E-state index contributed by atoms with van der Waals surface area (Å²) < 4.78 is 26.1. The first-order valence-corrected chi connectivity index (χ1v) is 14.2. The van der Waals surface area contributed by atoms with E-state index in [0.29, 0.717) is 17.1 Å². The molecule has 0 saturated carbocycles. The quantitative estimate of drug-likeness (QED) is 0.371. The molecule has 0 saturated heterocycles. The van der Waals surface area contributed by atoms with Crippen LogP contribution in [0.5, 0.6) is 0 Å². The highest BCUT2D eigenvalue weighted by molar-refractivity contribution is 7.92. The van der Waals surface area contributed by atoms with E-state index in [1.807, 2.05) is 54.6 Å². The molecule has 196 valence electrons. The van der Waals surface area contributed by atoms with Crippen molar-refractivity contribution in [1.29, 1.82) is 0 Å². The Hall–Kier alpha value is -3.36. The molecule has 0 unspecified atom stereocenters. The Bertz CT molecular complexity index is 1290. The predicted molar refractivity (Wildman–Crippen MR) is 148 cm³/mol. The number of carbonyl (C=O) groups excluding carboxylic acids is 2. The van der Waals surface area contributed by atoms with Crippen LogP contribution in [0.4, 0.5) is 5.69 Å². The maximum atomic E-state index is 13.6. The molecule has 2 amide bonds. The van der Waals surface area contributed by atoms with Crippen molar-refractivity contribution >= 4 is 39.1 Å². The fourth-order valence-electron chi connectivity index (χ4n) is 4.13. The second-order valence-corrected chi connectivity index (χ2v) is 11.0. The second-order valence-electron chi connectivity index (χ2n) is 8.71. The van der Waals surface area contributed by atoms with E-state index in [1.54, 1.807) is 42.3 Å². The average molecular weight is 542 g/mol. The molecule has 3 rings (SSSR count). The molecule has 0 aliphatic rings. The molecule has 9 heteroatoms. The highest BCUT2D eigenvalue weighted by atomic mass is 35.5. The minimum Gasteiger partial charge on any atom is -0.357 e. The Morgan fingerprint density at radius 3 is 2.11 bits per heavy atom. The van der Waals surface area contributed by atoms with Crippen LogP contribution in [0.15, 0.2) is 84.9 Å². The summed E-state index contributed by atoms with van der Waals surface area (Å²) >= 11 is 6.40. The summed E-state index contributed by atoms with van der Waals surface area (Å²) in [5, 5.41) is 3.19. The zero-order valence-corrected chi connectivity index (χ0v) is 22.6. The molecular formula is C28H32ClN3O4S. The van der Waals surface area contributed by atoms with Gasteiger partial charge < -0.3 is 10.2 Å². The minimum atomic E-state index is -3.54. The van der Waals surface area contributed by atoms with Crippen molar-refractivity contribution in [3.05, 3.63) is 101 Å². The zero-order chi connectivity index (χ0) is 26.8. The fraction of sp³-hybridized carbons (Fsp3) is 0.286. The van der Waals surface area contributed by atoms with Crippen molar-refractivity contribution in [2.24, 2.45) is 0 Å². The van der Waals surface area contributed by atoms with Crippen LogP contribution in [0.2, 0.25) is 5.02 Å². The maximum absolute atomic E-state index is 13.6. The van der Waals surface area contributed by atoms with Gasteiger partial charge in [-0.3, -0.25) is 13.9 Å². The molecule has 0 fully saturated rings. The van der Waals surface area contributed by atoms with Gasteiger partial charge in [-0.1, -0.05) is 78.3 Å². The topological polar surface area (TPSA) is 86.8 Å². The van der Waals surface area contributed by atoms with Gasteiger partial charge >= 0.3 is 0 Å². The second kappa shape index (κ2) is 13.3. The first kappa shape index (κ1) is 28.2. The van der Waals surface area contributed by atoms with Crippen molar-refractivity contribution in [1.82, 2.24) is 10.2 Å². The third kappa shape index (κ3) is 8.06. The Kier molecular flexibility index (Phi) is 10.1. The van der Waals surface area contributed by atoms with E-state index in [0.717, 1.165) is 17.4 Å². The molecule has 0 spiro atoms. The van der Waals surface area contributed by atoms with Gasteiger partial charge in [0.15, 0.2) is 0 Å². The smallest absolute Gasteiger partial charge is 0.242 e. The number of sulfonamides is 1. The number of anilines is 1. The van der Waals surface area contributed by atoms with Gasteiger partial charge in [0.25, 0.3) is 0 Å². The molecule has 7 nitrogen and oxygen atoms in total. The summed E-state index contributed by atoms with van der Waals surface area (Å²) in [5.74, 6) is -0.544. The average Bonchev–Trinajstić information content (AvgIpc) is 2.89. The summed E-state index contributed by atoms with van der Waals surface area (Å²) in [4.78, 5) is 28.2. The van der Waals surface area contributed by atoms with E-state index in [2.05, 4.69) is 5.32 Å². The standard InChI is InChI=1S/C28H32ClN3O4S/c1-30-28(34)26(20-22-12-5-3-6-13-22)31(21-23-14-9-10-17-25(23)29)27(33)18-11-19-32(37(2,35)36)24-15-7-4-8-16-24/h3-10,12-17,26H,11,18-21H2,1-2H3,(H,30,34)/t26-/m0/s1. The Labute approximate surface area is 224 Å². The van der Waals surface area contributed by atoms with E-state index in [9.17, 15) is 18.0 Å². The first-order chi connectivity index (χ1) is 17.7. The molecule has 0 aliphatic heterocycles. The van der Waals surface area contributed by atoms with Crippen LogP contribution in [0.25, 0.3) is 0 Å². The lowest BCUT2D eigenvalue weighted by Gasteiger charge is -2.32. The minimum absolute atomic E-state index is 0.0611. The van der Waals surface area contributed by atoms with Gasteiger partial charge in [0.2, 0.25) is 21.8 Å². The summed E-state index contributed by atoms with van der Waals surface area (Å²) in [7, 11) is -1.99. The van der Waals surface area contributed by atoms with Crippen molar-refractivity contribution in [2.75, 3.05) is 24.2 Å². The lowest BCUT2D eigenvalue weighted by molar-refractivity contribution is -0.141. The van der Waals surface area contributed by atoms with Crippen molar-refractivity contribution in [3.8, 4) is 0 Å². The first-order valence-electron chi connectivity index (χ1n) is 12.0. The highest BCUT2D eigenvalue weighted by Gasteiger charge is 2.30. The van der Waals surface area contributed by atoms with Gasteiger partial charge in [0.1, 0.15) is 6.04 Å². The van der Waals surface area contributed by atoms with E-state index in [-0.39, 0.29) is 37.7 Å². The van der Waals surface area contributed by atoms with Crippen LogP contribution >= 0.6 is 11.6 Å². The van der Waals surface area contributed by atoms with Crippen molar-refractivity contribution < 1.29 is 18.0 Å². The van der Waals surface area contributed by atoms with Crippen molar-refractivity contribution in [2.45, 2.75) is 31.8 Å². The van der Waals surface area contributed by atoms with Gasteiger partial charge in [-0.15, -0.1) is 0 Å². The molecule has 37 heavy (non-hydrogen) atoms. The predicted octanol–water partition coefficient (Wildman–Crippen LogP) is 4.27. The van der Waals surface area contributed by atoms with Crippen LogP contribution in [-0.2, 0) is 32.6 Å². The third-order valence-corrected chi connectivity index (χ3v) is 7.58. The van der Waals surface area contributed by atoms with E-state index in [4.69, 9.17) is 11.6 Å². The number of para-hydroxylation sites is 1. The Morgan fingerprint density at radius 1 is 0.919 bits per heavy atom. The van der Waals surface area contributed by atoms with Crippen LogP contribution in [0.1, 0.15) is 24.0 Å². The van der Waals surface area contributed by atoms with Gasteiger partial charge in [-0.05, 0) is 35.7 Å². The molecule has 0 aromatic heterocycles. The summed E-state index contributed by atoms with van der Waals surface area (Å²) in [6.45, 7) is 0.287. The monoisotopic (exact) mass is 541 g/mol. The molecule has 0 radical (unpaired) electrons. The number of nitrogens with one attached hydrogen (secondary N) is 1. The fourth-order valence-corrected chi connectivity index (χ4v) is 5.29. The summed E-state index contributed by atoms with van der Waals surface area (Å²) in [5.41, 5.74) is 2.18. The molecule has 3 aromatic rings. The lowest BCUT2D eigenvalue weighted by Crippen LogP contribution is -2.49. The lowest BCUT2D eigenvalue weighted by atomic mass is 10.0. The number of hydrogen-bond acceptors (Lipinski definition) is 4. The normalized spacial score (nSPS) is 12.0. The summed E-state index contributed by atoms with van der Waals surface area (Å²) in [6, 6.07) is 24.7. The number of halogens is 1. The van der Waals surface area contributed by atoms with Crippen LogP contribution in [0, 0.1) is 0 Å². The van der Waals surface area contributed by atoms with Crippen LogP contribution in [0.3, 0.4) is 0 Å². The van der Waals surface area contributed by atoms with Gasteiger partial charge in [0, 0.05) is 38.0 Å². The number of benzene rings is 3. The molecule has 0 heterocycles. The number of carbonyl (C=O) groups is 2. The number of hydrogen-bond donors (Lipinski definition) is 1. The van der Waals surface area contributed by atoms with Crippen LogP contribution in [-0.4, -0.2) is 51.0 Å². The molecule has 3 aromatic carbocycles. The number of likely N-dealkylation sites (N-methyl/N-ethyl adjacent to an activating group) is 1. The van der Waals surface area contributed by atoms with Gasteiger partial charge in [0.05, 0.1) is 11.9 Å². The number of amides is 2. The Morgan fingerprint density at radius 2 is 1.51 bits per heavy atom. The SMILES string of the molecule is CNC(=O)[C@H](Cc1ccccc1)N(Cc1ccccc1Cl)C(=O)CCCN(c1ccccc1)S(C)(=O)=O. The maximum Gasteiger partial charge on any atom is 0.242 e. The van der Waals surface area contributed by atoms with Crippen LogP contribution < -0.4 is 9.62 Å². The number of nitrogens with zero attached hydrogens (tertiary/aromatic N) is 2. The number of rotatable bonds is 12. The van der Waals surface area contributed by atoms with E-state index >= 15 is 0 Å². The molecule has 1 atom stereocenters. The Balaban J connectivity index is 1.84. The third-order valence-electron chi connectivity index (χ3n) is 6.01. The highest BCUT2D eigenvalue weighted by Crippen LogP contribution is 2.22.